The predicted octanol–water partition coefficient (Wildman–Crippen LogP) is 4.15. The van der Waals surface area contributed by atoms with E-state index in [2.05, 4.69) is 0 Å². The van der Waals surface area contributed by atoms with Crippen LogP contribution in [0.1, 0.15) is 23.2 Å². The highest BCUT2D eigenvalue weighted by Crippen LogP contribution is 2.32. The molecule has 1 saturated heterocycles. The zero-order chi connectivity index (χ0) is 12.3. The summed E-state index contributed by atoms with van der Waals surface area (Å²) >= 11 is 14.6. The molecular weight excluding hydrogens is 299 g/mol. The van der Waals surface area contributed by atoms with Gasteiger partial charge in [-0.3, -0.25) is 4.79 Å². The number of thiophene rings is 1. The van der Waals surface area contributed by atoms with Crippen molar-refractivity contribution in [3.63, 3.8) is 0 Å². The Labute approximate surface area is 119 Å². The Bertz CT molecular complexity index is 400. The number of ether oxygens (including phenoxy) is 1. The first-order valence-electron chi connectivity index (χ1n) is 5.34. The van der Waals surface area contributed by atoms with Crippen LogP contribution in [0.4, 0.5) is 0 Å². The van der Waals surface area contributed by atoms with Crippen LogP contribution in [-0.4, -0.2) is 30.0 Å². The minimum atomic E-state index is 0.0427. The standard InChI is InChI=1S/C11H12Cl2O2S2/c12-10-4-8(11(13)17-10)9(14)6-16-5-7-2-1-3-15-7/h4,7H,1-3,5-6H2. The number of Topliss-reactive ketones (excluding diaryl/α,β-unsaturated/α-hetero) is 1. The van der Waals surface area contributed by atoms with Crippen LogP contribution >= 0.6 is 46.3 Å². The van der Waals surface area contributed by atoms with Gasteiger partial charge < -0.3 is 4.74 Å². The minimum absolute atomic E-state index is 0.0427. The lowest BCUT2D eigenvalue weighted by Gasteiger charge is -2.07. The molecule has 0 aromatic carbocycles. The van der Waals surface area contributed by atoms with Crippen LogP contribution in [0.25, 0.3) is 0 Å². The number of thioether (sulfide) groups is 1. The number of hydrogen-bond donors (Lipinski definition) is 0. The van der Waals surface area contributed by atoms with Gasteiger partial charge in [-0.15, -0.1) is 11.3 Å². The summed E-state index contributed by atoms with van der Waals surface area (Å²) in [7, 11) is 0. The molecule has 0 saturated carbocycles. The monoisotopic (exact) mass is 310 g/mol. The Hall–Kier alpha value is 0.260. The van der Waals surface area contributed by atoms with Gasteiger partial charge >= 0.3 is 0 Å². The number of rotatable bonds is 5. The summed E-state index contributed by atoms with van der Waals surface area (Å²) in [5.41, 5.74) is 0.543. The summed E-state index contributed by atoms with van der Waals surface area (Å²) in [5.74, 6) is 1.36. The summed E-state index contributed by atoms with van der Waals surface area (Å²) in [5, 5.41) is 0. The maximum Gasteiger partial charge on any atom is 0.175 e. The highest BCUT2D eigenvalue weighted by Gasteiger charge is 2.18. The van der Waals surface area contributed by atoms with Crippen LogP contribution in [0, 0.1) is 0 Å². The second-order valence-electron chi connectivity index (χ2n) is 3.81. The average molecular weight is 311 g/mol. The second-order valence-corrected chi connectivity index (χ2v) is 7.13. The van der Waals surface area contributed by atoms with Crippen molar-refractivity contribution in [1.29, 1.82) is 0 Å². The molecule has 1 aliphatic rings. The van der Waals surface area contributed by atoms with Crippen molar-refractivity contribution in [3.05, 3.63) is 20.3 Å². The highest BCUT2D eigenvalue weighted by atomic mass is 35.5. The molecule has 0 radical (unpaired) electrons. The van der Waals surface area contributed by atoms with Crippen molar-refractivity contribution in [1.82, 2.24) is 0 Å². The Morgan fingerprint density at radius 1 is 1.59 bits per heavy atom. The van der Waals surface area contributed by atoms with E-state index in [1.807, 2.05) is 0 Å². The van der Waals surface area contributed by atoms with Crippen LogP contribution in [0.5, 0.6) is 0 Å². The molecule has 1 aromatic rings. The van der Waals surface area contributed by atoms with Crippen molar-refractivity contribution in [2.75, 3.05) is 18.1 Å². The molecule has 1 aliphatic heterocycles. The fourth-order valence-corrected chi connectivity index (χ4v) is 4.15. The molecule has 0 aliphatic carbocycles. The molecule has 6 heteroatoms. The molecule has 0 N–H and O–H groups in total. The fourth-order valence-electron chi connectivity index (χ4n) is 1.67. The summed E-state index contributed by atoms with van der Waals surface area (Å²) in [6, 6.07) is 1.64. The second kappa shape index (κ2) is 6.43. The summed E-state index contributed by atoms with van der Waals surface area (Å²) in [4.78, 5) is 11.9. The lowest BCUT2D eigenvalue weighted by Crippen LogP contribution is -2.10. The molecule has 0 bridgehead atoms. The fraction of sp³-hybridized carbons (Fsp3) is 0.545. The lowest BCUT2D eigenvalue weighted by atomic mass is 10.2. The summed E-state index contributed by atoms with van der Waals surface area (Å²) in [6.07, 6.45) is 2.55. The van der Waals surface area contributed by atoms with E-state index in [9.17, 15) is 4.79 Å². The van der Waals surface area contributed by atoms with Gasteiger partial charge in [-0.25, -0.2) is 0 Å². The molecule has 1 atom stereocenters. The first-order valence-corrected chi connectivity index (χ1v) is 8.07. The first kappa shape index (κ1) is 13.7. The molecule has 1 unspecified atom stereocenters. The van der Waals surface area contributed by atoms with Crippen LogP contribution in [0.2, 0.25) is 8.67 Å². The Morgan fingerprint density at radius 2 is 2.41 bits per heavy atom. The van der Waals surface area contributed by atoms with Crippen molar-refractivity contribution >= 4 is 52.1 Å². The molecule has 17 heavy (non-hydrogen) atoms. The van der Waals surface area contributed by atoms with E-state index in [1.54, 1.807) is 17.8 Å². The Kier molecular flexibility index (Phi) is 5.18. The SMILES string of the molecule is O=C(CSCC1CCCO1)c1cc(Cl)sc1Cl. The van der Waals surface area contributed by atoms with Gasteiger partial charge in [0.1, 0.15) is 4.34 Å². The number of carbonyl (C=O) groups is 1. The Morgan fingerprint density at radius 3 is 3.00 bits per heavy atom. The van der Waals surface area contributed by atoms with Crippen molar-refractivity contribution < 1.29 is 9.53 Å². The lowest BCUT2D eigenvalue weighted by molar-refractivity contribution is 0.102. The largest absolute Gasteiger partial charge is 0.377 e. The third-order valence-corrected chi connectivity index (χ3v) is 5.08. The quantitative estimate of drug-likeness (QED) is 0.764. The van der Waals surface area contributed by atoms with E-state index in [-0.39, 0.29) is 5.78 Å². The van der Waals surface area contributed by atoms with Gasteiger partial charge in [0.05, 0.1) is 16.2 Å². The molecule has 1 fully saturated rings. The molecule has 2 rings (SSSR count). The number of hydrogen-bond acceptors (Lipinski definition) is 4. The van der Waals surface area contributed by atoms with Gasteiger partial charge in [-0.2, -0.15) is 11.8 Å². The van der Waals surface area contributed by atoms with Gasteiger partial charge in [-0.1, -0.05) is 23.2 Å². The van der Waals surface area contributed by atoms with E-state index < -0.39 is 0 Å². The average Bonchev–Trinajstić information content (AvgIpc) is 2.88. The molecule has 1 aromatic heterocycles. The maximum absolute atomic E-state index is 11.9. The topological polar surface area (TPSA) is 26.3 Å². The zero-order valence-corrected chi connectivity index (χ0v) is 12.2. The van der Waals surface area contributed by atoms with Crippen LogP contribution in [0.15, 0.2) is 6.07 Å². The van der Waals surface area contributed by atoms with Gasteiger partial charge in [0, 0.05) is 17.9 Å². The number of carbonyl (C=O) groups excluding carboxylic acids is 1. The molecule has 2 heterocycles. The van der Waals surface area contributed by atoms with Gasteiger partial charge in [0.15, 0.2) is 5.78 Å². The maximum atomic E-state index is 11.9. The summed E-state index contributed by atoms with van der Waals surface area (Å²) < 4.78 is 6.53. The summed E-state index contributed by atoms with van der Waals surface area (Å²) in [6.45, 7) is 0.852. The molecular formula is C11H12Cl2O2S2. The van der Waals surface area contributed by atoms with E-state index >= 15 is 0 Å². The van der Waals surface area contributed by atoms with E-state index in [4.69, 9.17) is 27.9 Å². The van der Waals surface area contributed by atoms with Crippen molar-refractivity contribution in [2.24, 2.45) is 0 Å². The van der Waals surface area contributed by atoms with Crippen LogP contribution in [-0.2, 0) is 4.74 Å². The van der Waals surface area contributed by atoms with Crippen molar-refractivity contribution in [2.45, 2.75) is 18.9 Å². The van der Waals surface area contributed by atoms with Crippen molar-refractivity contribution in [3.8, 4) is 0 Å². The third kappa shape index (κ3) is 3.86. The smallest absolute Gasteiger partial charge is 0.175 e. The molecule has 0 spiro atoms. The van der Waals surface area contributed by atoms with Gasteiger partial charge in [0.25, 0.3) is 0 Å². The normalized spacial score (nSPS) is 19.8. The minimum Gasteiger partial charge on any atom is -0.377 e. The molecule has 2 nitrogen and oxygen atoms in total. The van der Waals surface area contributed by atoms with Gasteiger partial charge in [0.2, 0.25) is 0 Å². The predicted molar refractivity (Wildman–Crippen MR) is 75.0 cm³/mol. The Balaban J connectivity index is 1.78. The van der Waals surface area contributed by atoms with Crippen LogP contribution < -0.4 is 0 Å². The van der Waals surface area contributed by atoms with Gasteiger partial charge in [-0.05, 0) is 18.9 Å². The first-order chi connectivity index (χ1) is 8.16. The zero-order valence-electron chi connectivity index (χ0n) is 9.08. The number of halogens is 2. The van der Waals surface area contributed by atoms with Crippen LogP contribution in [0.3, 0.4) is 0 Å². The molecule has 94 valence electrons. The number of ketones is 1. The van der Waals surface area contributed by atoms with E-state index in [0.29, 0.717) is 26.1 Å². The van der Waals surface area contributed by atoms with E-state index in [0.717, 1.165) is 25.2 Å². The highest BCUT2D eigenvalue weighted by molar-refractivity contribution is 8.00. The molecule has 0 amide bonds. The third-order valence-electron chi connectivity index (χ3n) is 2.52. The van der Waals surface area contributed by atoms with E-state index in [1.165, 1.54) is 11.3 Å².